The zero-order valence-electron chi connectivity index (χ0n) is 18.1. The Hall–Kier alpha value is -2.78. The van der Waals surface area contributed by atoms with Gasteiger partial charge in [0.05, 0.1) is 9.82 Å². The van der Waals surface area contributed by atoms with Gasteiger partial charge in [-0.15, -0.1) is 0 Å². The molecular formula is C23H27N3O5S. The number of carbonyl (C=O) groups excluding carboxylic acids is 1. The van der Waals surface area contributed by atoms with Gasteiger partial charge in [0, 0.05) is 28.9 Å². The lowest BCUT2D eigenvalue weighted by molar-refractivity contribution is -0.385. The Morgan fingerprint density at radius 3 is 2.44 bits per heavy atom. The van der Waals surface area contributed by atoms with Crippen molar-refractivity contribution in [1.29, 1.82) is 0 Å². The molecule has 2 fully saturated rings. The minimum atomic E-state index is -3.67. The minimum absolute atomic E-state index is 0.119. The molecule has 2 saturated carbocycles. The van der Waals surface area contributed by atoms with Gasteiger partial charge in [-0.25, -0.2) is 13.1 Å². The highest BCUT2D eigenvalue weighted by Crippen LogP contribution is 2.49. The molecule has 32 heavy (non-hydrogen) atoms. The fourth-order valence-electron chi connectivity index (χ4n) is 5.29. The van der Waals surface area contributed by atoms with Crippen LogP contribution in [0.1, 0.15) is 48.5 Å². The Labute approximate surface area is 187 Å². The Balaban J connectivity index is 1.43. The van der Waals surface area contributed by atoms with E-state index in [1.807, 2.05) is 6.92 Å². The average molecular weight is 458 g/mol. The highest BCUT2D eigenvalue weighted by Gasteiger charge is 2.42. The van der Waals surface area contributed by atoms with Crippen molar-refractivity contribution in [2.75, 3.05) is 5.32 Å². The Bertz CT molecular complexity index is 1150. The summed E-state index contributed by atoms with van der Waals surface area (Å²) in [5.41, 5.74) is 0.737. The van der Waals surface area contributed by atoms with Crippen molar-refractivity contribution < 1.29 is 18.1 Å². The highest BCUT2D eigenvalue weighted by molar-refractivity contribution is 7.89. The molecule has 8 nitrogen and oxygen atoms in total. The number of nitro groups is 1. The second-order valence-corrected chi connectivity index (χ2v) is 10.6. The number of amides is 1. The van der Waals surface area contributed by atoms with E-state index < -0.39 is 20.9 Å². The van der Waals surface area contributed by atoms with E-state index in [9.17, 15) is 23.3 Å². The largest absolute Gasteiger partial charge is 0.322 e. The van der Waals surface area contributed by atoms with Crippen molar-refractivity contribution >= 4 is 27.3 Å². The SMILES string of the molecule is Cc1c(C(=O)Nc2ccc(S(=O)(=O)NC(C)C3CC4CCC3C4)cc2)cccc1[N+](=O)[O-]. The van der Waals surface area contributed by atoms with Gasteiger partial charge in [-0.1, -0.05) is 12.5 Å². The highest BCUT2D eigenvalue weighted by atomic mass is 32.2. The molecule has 9 heteroatoms. The zero-order chi connectivity index (χ0) is 23.0. The van der Waals surface area contributed by atoms with E-state index in [4.69, 9.17) is 0 Å². The first kappa shape index (κ1) is 22.4. The molecule has 4 atom stereocenters. The maximum atomic E-state index is 12.8. The molecule has 170 valence electrons. The van der Waals surface area contributed by atoms with Crippen molar-refractivity contribution in [3.8, 4) is 0 Å². The van der Waals surface area contributed by atoms with E-state index in [1.54, 1.807) is 0 Å². The van der Waals surface area contributed by atoms with Crippen molar-refractivity contribution in [3.05, 3.63) is 63.7 Å². The van der Waals surface area contributed by atoms with Crippen molar-refractivity contribution in [2.24, 2.45) is 17.8 Å². The van der Waals surface area contributed by atoms with Gasteiger partial charge in [0.1, 0.15) is 0 Å². The number of fused-ring (bicyclic) bond motifs is 2. The van der Waals surface area contributed by atoms with Crippen LogP contribution >= 0.6 is 0 Å². The second kappa shape index (κ2) is 8.63. The summed E-state index contributed by atoms with van der Waals surface area (Å²) in [5, 5.41) is 13.8. The first-order valence-electron chi connectivity index (χ1n) is 10.8. The molecule has 2 aliphatic rings. The molecule has 4 rings (SSSR count). The van der Waals surface area contributed by atoms with Crippen LogP contribution < -0.4 is 10.0 Å². The lowest BCUT2D eigenvalue weighted by Gasteiger charge is -2.28. The third-order valence-electron chi connectivity index (χ3n) is 6.95. The van der Waals surface area contributed by atoms with E-state index in [1.165, 1.54) is 68.7 Å². The normalized spacial score (nSPS) is 23.1. The van der Waals surface area contributed by atoms with Gasteiger partial charge in [-0.2, -0.15) is 0 Å². The molecule has 0 aliphatic heterocycles. The number of hydrogen-bond donors (Lipinski definition) is 2. The Morgan fingerprint density at radius 1 is 1.12 bits per heavy atom. The number of benzene rings is 2. The van der Waals surface area contributed by atoms with Crippen LogP contribution in [0.4, 0.5) is 11.4 Å². The van der Waals surface area contributed by atoms with Crippen LogP contribution in [0, 0.1) is 34.8 Å². The Morgan fingerprint density at radius 2 is 1.84 bits per heavy atom. The molecular weight excluding hydrogens is 430 g/mol. The molecule has 2 aliphatic carbocycles. The predicted molar refractivity (Wildman–Crippen MR) is 121 cm³/mol. The van der Waals surface area contributed by atoms with Crippen LogP contribution in [0.15, 0.2) is 47.4 Å². The van der Waals surface area contributed by atoms with E-state index in [0.717, 1.165) is 12.3 Å². The average Bonchev–Trinajstić information content (AvgIpc) is 3.37. The van der Waals surface area contributed by atoms with Crippen LogP contribution in [0.5, 0.6) is 0 Å². The topological polar surface area (TPSA) is 118 Å². The van der Waals surface area contributed by atoms with Gasteiger partial charge in [0.15, 0.2) is 0 Å². The maximum Gasteiger partial charge on any atom is 0.273 e. The molecule has 0 aromatic heterocycles. The van der Waals surface area contributed by atoms with Crippen molar-refractivity contribution in [2.45, 2.75) is 50.5 Å². The van der Waals surface area contributed by atoms with Gasteiger partial charge in [-0.05, 0) is 81.2 Å². The summed E-state index contributed by atoms with van der Waals surface area (Å²) in [5.74, 6) is 1.26. The summed E-state index contributed by atoms with van der Waals surface area (Å²) in [7, 11) is -3.67. The predicted octanol–water partition coefficient (Wildman–Crippen LogP) is 4.26. The molecule has 1 amide bonds. The zero-order valence-corrected chi connectivity index (χ0v) is 18.9. The summed E-state index contributed by atoms with van der Waals surface area (Å²) in [6.07, 6.45) is 4.77. The van der Waals surface area contributed by atoms with Gasteiger partial charge in [-0.3, -0.25) is 14.9 Å². The first-order valence-corrected chi connectivity index (χ1v) is 12.3. The van der Waals surface area contributed by atoms with Gasteiger partial charge in [0.2, 0.25) is 10.0 Å². The fourth-order valence-corrected chi connectivity index (χ4v) is 6.58. The molecule has 2 bridgehead atoms. The first-order chi connectivity index (χ1) is 15.2. The molecule has 2 aromatic rings. The quantitative estimate of drug-likeness (QED) is 0.476. The summed E-state index contributed by atoms with van der Waals surface area (Å²) in [4.78, 5) is 23.3. The monoisotopic (exact) mass is 457 g/mol. The molecule has 0 heterocycles. The summed E-state index contributed by atoms with van der Waals surface area (Å²) < 4.78 is 28.5. The summed E-state index contributed by atoms with van der Waals surface area (Å²) in [6, 6.07) is 10.1. The molecule has 2 N–H and O–H groups in total. The number of rotatable bonds is 7. The van der Waals surface area contributed by atoms with Crippen LogP contribution in [-0.2, 0) is 10.0 Å². The smallest absolute Gasteiger partial charge is 0.273 e. The number of carbonyl (C=O) groups is 1. The number of nitrogens with zero attached hydrogens (tertiary/aromatic N) is 1. The minimum Gasteiger partial charge on any atom is -0.322 e. The third kappa shape index (κ3) is 4.40. The molecule has 4 unspecified atom stereocenters. The van der Waals surface area contributed by atoms with E-state index >= 15 is 0 Å². The molecule has 2 aromatic carbocycles. The molecule has 0 radical (unpaired) electrons. The van der Waals surface area contributed by atoms with Crippen molar-refractivity contribution in [3.63, 3.8) is 0 Å². The fraction of sp³-hybridized carbons (Fsp3) is 0.435. The lowest BCUT2D eigenvalue weighted by Crippen LogP contribution is -2.40. The molecule has 0 saturated heterocycles. The number of nitro benzene ring substituents is 1. The lowest BCUT2D eigenvalue weighted by atomic mass is 9.84. The number of sulfonamides is 1. The maximum absolute atomic E-state index is 12.8. The number of nitrogens with one attached hydrogen (secondary N) is 2. The summed E-state index contributed by atoms with van der Waals surface area (Å²) in [6.45, 7) is 3.46. The molecule has 0 spiro atoms. The van der Waals surface area contributed by atoms with Gasteiger partial charge < -0.3 is 5.32 Å². The Kier molecular flexibility index (Phi) is 6.05. The van der Waals surface area contributed by atoms with Gasteiger partial charge >= 0.3 is 0 Å². The van der Waals surface area contributed by atoms with E-state index in [-0.39, 0.29) is 27.8 Å². The second-order valence-electron chi connectivity index (χ2n) is 8.93. The number of hydrogen-bond acceptors (Lipinski definition) is 5. The van der Waals surface area contributed by atoms with Crippen LogP contribution in [0.3, 0.4) is 0 Å². The van der Waals surface area contributed by atoms with Gasteiger partial charge in [0.25, 0.3) is 11.6 Å². The standard InChI is InChI=1S/C23H27N3O5S/c1-14-20(4-3-5-22(14)26(28)29)23(27)24-18-8-10-19(11-9-18)32(30,31)25-15(2)21-13-16-6-7-17(21)12-16/h3-5,8-11,15-17,21,25H,6-7,12-13H2,1-2H3,(H,24,27). The van der Waals surface area contributed by atoms with Crippen LogP contribution in [0.2, 0.25) is 0 Å². The number of anilines is 1. The van der Waals surface area contributed by atoms with E-state index in [2.05, 4.69) is 10.0 Å². The van der Waals surface area contributed by atoms with Crippen molar-refractivity contribution in [1.82, 2.24) is 4.72 Å². The third-order valence-corrected chi connectivity index (χ3v) is 8.52. The van der Waals surface area contributed by atoms with Crippen LogP contribution in [-0.4, -0.2) is 25.3 Å². The van der Waals surface area contributed by atoms with E-state index in [0.29, 0.717) is 17.5 Å². The summed E-state index contributed by atoms with van der Waals surface area (Å²) >= 11 is 0. The van der Waals surface area contributed by atoms with Crippen LogP contribution in [0.25, 0.3) is 0 Å².